The molecule has 0 bridgehead atoms. The molecule has 3 heteroatoms. The summed E-state index contributed by atoms with van der Waals surface area (Å²) in [7, 11) is 0. The molecule has 0 saturated carbocycles. The Morgan fingerprint density at radius 2 is 2.00 bits per heavy atom. The summed E-state index contributed by atoms with van der Waals surface area (Å²) in [5.74, 6) is 0.684. The Labute approximate surface area is 115 Å². The van der Waals surface area contributed by atoms with E-state index in [9.17, 15) is 0 Å². The molecule has 2 aliphatic rings. The first-order chi connectivity index (χ1) is 9.34. The molecule has 0 aromatic heterocycles. The van der Waals surface area contributed by atoms with Gasteiger partial charge in [-0.05, 0) is 29.9 Å². The quantitative estimate of drug-likeness (QED) is 0.907. The van der Waals surface area contributed by atoms with Crippen molar-refractivity contribution in [2.24, 2.45) is 0 Å². The fraction of sp³-hybridized carbons (Fsp3) is 0.625. The monoisotopic (exact) mass is 261 g/mol. The van der Waals surface area contributed by atoms with E-state index >= 15 is 0 Å². The molecule has 3 unspecified atom stereocenters. The van der Waals surface area contributed by atoms with Crippen LogP contribution in [0.25, 0.3) is 0 Å². The molecule has 3 rings (SSSR count). The normalized spacial score (nSPS) is 30.9. The first kappa shape index (κ1) is 13.1. The number of nitrogens with one attached hydrogen (secondary N) is 1. The molecule has 1 aromatic rings. The third-order valence-electron chi connectivity index (χ3n) is 4.27. The Balaban J connectivity index is 1.64. The van der Waals surface area contributed by atoms with Crippen LogP contribution in [-0.4, -0.2) is 32.5 Å². The summed E-state index contributed by atoms with van der Waals surface area (Å²) in [6, 6.07) is 9.30. The average molecular weight is 261 g/mol. The van der Waals surface area contributed by atoms with E-state index in [1.54, 1.807) is 0 Å². The zero-order valence-electron chi connectivity index (χ0n) is 11.6. The van der Waals surface area contributed by atoms with E-state index in [0.717, 1.165) is 26.4 Å². The SMILES string of the molecule is CC1CCC(NCC2COCCO2)c2ccccc21. The van der Waals surface area contributed by atoms with Gasteiger partial charge in [-0.2, -0.15) is 0 Å². The molecule has 1 aliphatic carbocycles. The highest BCUT2D eigenvalue weighted by Gasteiger charge is 2.25. The minimum Gasteiger partial charge on any atom is -0.376 e. The standard InChI is InChI=1S/C16H23NO2/c1-12-6-7-16(15-5-3-2-4-14(12)15)17-10-13-11-18-8-9-19-13/h2-5,12-13,16-17H,6-11H2,1H3. The van der Waals surface area contributed by atoms with Gasteiger partial charge in [0.1, 0.15) is 0 Å². The van der Waals surface area contributed by atoms with Crippen LogP contribution in [0.3, 0.4) is 0 Å². The minimum absolute atomic E-state index is 0.209. The minimum atomic E-state index is 0.209. The van der Waals surface area contributed by atoms with Gasteiger partial charge in [0.05, 0.1) is 25.9 Å². The van der Waals surface area contributed by atoms with Crippen molar-refractivity contribution in [1.82, 2.24) is 5.32 Å². The van der Waals surface area contributed by atoms with Crippen LogP contribution >= 0.6 is 0 Å². The second kappa shape index (κ2) is 6.04. The van der Waals surface area contributed by atoms with Crippen molar-refractivity contribution >= 4 is 0 Å². The Morgan fingerprint density at radius 1 is 1.16 bits per heavy atom. The van der Waals surface area contributed by atoms with E-state index in [-0.39, 0.29) is 6.10 Å². The number of hydrogen-bond acceptors (Lipinski definition) is 3. The second-order valence-electron chi connectivity index (χ2n) is 5.64. The van der Waals surface area contributed by atoms with Gasteiger partial charge >= 0.3 is 0 Å². The summed E-state index contributed by atoms with van der Waals surface area (Å²) in [4.78, 5) is 0. The summed E-state index contributed by atoms with van der Waals surface area (Å²) in [6.07, 6.45) is 2.68. The van der Waals surface area contributed by atoms with Gasteiger partial charge in [-0.3, -0.25) is 0 Å². The molecule has 1 saturated heterocycles. The van der Waals surface area contributed by atoms with E-state index in [1.807, 2.05) is 0 Å². The van der Waals surface area contributed by atoms with Gasteiger partial charge in [0.25, 0.3) is 0 Å². The second-order valence-corrected chi connectivity index (χ2v) is 5.64. The maximum absolute atomic E-state index is 5.69. The zero-order valence-corrected chi connectivity index (χ0v) is 11.6. The van der Waals surface area contributed by atoms with Gasteiger partial charge in [0.15, 0.2) is 0 Å². The summed E-state index contributed by atoms with van der Waals surface area (Å²) in [5.41, 5.74) is 2.98. The Bertz CT molecular complexity index is 415. The predicted octanol–water partition coefficient (Wildman–Crippen LogP) is 2.63. The third kappa shape index (κ3) is 2.99. The molecule has 104 valence electrons. The largest absolute Gasteiger partial charge is 0.376 e. The fourth-order valence-corrected chi connectivity index (χ4v) is 3.14. The first-order valence-corrected chi connectivity index (χ1v) is 7.36. The first-order valence-electron chi connectivity index (χ1n) is 7.36. The van der Waals surface area contributed by atoms with E-state index < -0.39 is 0 Å². The van der Waals surface area contributed by atoms with E-state index in [4.69, 9.17) is 9.47 Å². The highest BCUT2D eigenvalue weighted by Crippen LogP contribution is 2.36. The number of fused-ring (bicyclic) bond motifs is 1. The van der Waals surface area contributed by atoms with Gasteiger partial charge < -0.3 is 14.8 Å². The van der Waals surface area contributed by atoms with Crippen LogP contribution in [0.4, 0.5) is 0 Å². The topological polar surface area (TPSA) is 30.5 Å². The lowest BCUT2D eigenvalue weighted by atomic mass is 9.81. The molecule has 1 fully saturated rings. The average Bonchev–Trinajstić information content (AvgIpc) is 2.48. The van der Waals surface area contributed by atoms with Crippen LogP contribution in [0.2, 0.25) is 0 Å². The lowest BCUT2D eigenvalue weighted by Crippen LogP contribution is -2.39. The van der Waals surface area contributed by atoms with Gasteiger partial charge in [0.2, 0.25) is 0 Å². The lowest BCUT2D eigenvalue weighted by molar-refractivity contribution is -0.0872. The lowest BCUT2D eigenvalue weighted by Gasteiger charge is -2.32. The van der Waals surface area contributed by atoms with Crippen LogP contribution in [-0.2, 0) is 9.47 Å². The third-order valence-corrected chi connectivity index (χ3v) is 4.27. The van der Waals surface area contributed by atoms with E-state index in [1.165, 1.54) is 24.0 Å². The molecule has 3 nitrogen and oxygen atoms in total. The molecular weight excluding hydrogens is 238 g/mol. The summed E-state index contributed by atoms with van der Waals surface area (Å²) >= 11 is 0. The van der Waals surface area contributed by atoms with Crippen molar-refractivity contribution in [3.63, 3.8) is 0 Å². The molecule has 0 spiro atoms. The van der Waals surface area contributed by atoms with Gasteiger partial charge in [-0.25, -0.2) is 0 Å². The number of ether oxygens (including phenoxy) is 2. The van der Waals surface area contributed by atoms with Crippen molar-refractivity contribution in [3.8, 4) is 0 Å². The Kier molecular flexibility index (Phi) is 4.16. The smallest absolute Gasteiger partial charge is 0.0933 e. The summed E-state index contributed by atoms with van der Waals surface area (Å²) in [6.45, 7) is 5.39. The van der Waals surface area contributed by atoms with E-state index in [2.05, 4.69) is 36.5 Å². The van der Waals surface area contributed by atoms with Crippen molar-refractivity contribution in [2.75, 3.05) is 26.4 Å². The maximum Gasteiger partial charge on any atom is 0.0933 e. The fourth-order valence-electron chi connectivity index (χ4n) is 3.14. The van der Waals surface area contributed by atoms with Crippen LogP contribution < -0.4 is 5.32 Å². The molecule has 0 amide bonds. The number of rotatable bonds is 3. The molecule has 1 aliphatic heterocycles. The van der Waals surface area contributed by atoms with Crippen LogP contribution in [0.5, 0.6) is 0 Å². The summed E-state index contributed by atoms with van der Waals surface area (Å²) in [5, 5.41) is 3.66. The molecule has 3 atom stereocenters. The molecule has 1 N–H and O–H groups in total. The van der Waals surface area contributed by atoms with Gasteiger partial charge in [-0.1, -0.05) is 31.2 Å². The van der Waals surface area contributed by atoms with Gasteiger partial charge in [-0.15, -0.1) is 0 Å². The molecule has 0 radical (unpaired) electrons. The van der Waals surface area contributed by atoms with Crippen LogP contribution in [0.15, 0.2) is 24.3 Å². The summed E-state index contributed by atoms with van der Waals surface area (Å²) < 4.78 is 11.1. The van der Waals surface area contributed by atoms with Crippen molar-refractivity contribution in [1.29, 1.82) is 0 Å². The maximum atomic E-state index is 5.69. The van der Waals surface area contributed by atoms with E-state index in [0.29, 0.717) is 12.0 Å². The molecule has 1 aromatic carbocycles. The molecule has 1 heterocycles. The van der Waals surface area contributed by atoms with Crippen molar-refractivity contribution in [2.45, 2.75) is 37.8 Å². The Morgan fingerprint density at radius 3 is 2.79 bits per heavy atom. The van der Waals surface area contributed by atoms with Crippen LogP contribution in [0.1, 0.15) is 42.9 Å². The van der Waals surface area contributed by atoms with Gasteiger partial charge in [0, 0.05) is 12.6 Å². The Hall–Kier alpha value is -0.900. The molecule has 19 heavy (non-hydrogen) atoms. The van der Waals surface area contributed by atoms with Crippen molar-refractivity contribution in [3.05, 3.63) is 35.4 Å². The van der Waals surface area contributed by atoms with Crippen molar-refractivity contribution < 1.29 is 9.47 Å². The highest BCUT2D eigenvalue weighted by molar-refractivity contribution is 5.34. The van der Waals surface area contributed by atoms with Crippen LogP contribution in [0, 0.1) is 0 Å². The molecular formula is C16H23NO2. The predicted molar refractivity (Wildman–Crippen MR) is 75.4 cm³/mol. The number of hydrogen-bond donors (Lipinski definition) is 1. The number of benzene rings is 1. The highest BCUT2D eigenvalue weighted by atomic mass is 16.6. The zero-order chi connectivity index (χ0) is 13.1.